The Morgan fingerprint density at radius 3 is 2.74 bits per heavy atom. The summed E-state index contributed by atoms with van der Waals surface area (Å²) in [5.74, 6) is 0.0479. The van der Waals surface area contributed by atoms with Gasteiger partial charge in [-0.1, -0.05) is 23.9 Å². The largest absolute Gasteiger partial charge is 0.311 e. The number of thioether (sulfide) groups is 1. The van der Waals surface area contributed by atoms with Crippen molar-refractivity contribution in [1.82, 2.24) is 0 Å². The SMILES string of the molecule is CC(=O)SC1CC(=O)N(c2ccc(CC#N)cc2)C1. The Kier molecular flexibility index (Phi) is 4.23. The van der Waals surface area contributed by atoms with E-state index < -0.39 is 0 Å². The van der Waals surface area contributed by atoms with Crippen molar-refractivity contribution in [3.8, 4) is 6.07 Å². The smallest absolute Gasteiger partial charge is 0.228 e. The minimum absolute atomic E-state index is 0.0452. The van der Waals surface area contributed by atoms with Crippen LogP contribution in [0.15, 0.2) is 24.3 Å². The van der Waals surface area contributed by atoms with E-state index in [1.165, 1.54) is 18.7 Å². The number of nitrogens with zero attached hydrogens (tertiary/aromatic N) is 2. The molecule has 1 fully saturated rings. The van der Waals surface area contributed by atoms with Crippen LogP contribution in [0.3, 0.4) is 0 Å². The quantitative estimate of drug-likeness (QED) is 0.847. The third kappa shape index (κ3) is 3.36. The van der Waals surface area contributed by atoms with Gasteiger partial charge >= 0.3 is 0 Å². The Bertz CT molecular complexity index is 533. The summed E-state index contributed by atoms with van der Waals surface area (Å²) in [6, 6.07) is 9.51. The summed E-state index contributed by atoms with van der Waals surface area (Å²) in [7, 11) is 0. The molecule has 1 atom stereocenters. The highest BCUT2D eigenvalue weighted by molar-refractivity contribution is 8.14. The molecule has 1 aromatic rings. The van der Waals surface area contributed by atoms with E-state index in [1.54, 1.807) is 4.90 Å². The van der Waals surface area contributed by atoms with Crippen LogP contribution in [-0.4, -0.2) is 22.8 Å². The molecule has 2 rings (SSSR count). The van der Waals surface area contributed by atoms with E-state index in [1.807, 2.05) is 24.3 Å². The Labute approximate surface area is 116 Å². The Morgan fingerprint density at radius 2 is 2.16 bits per heavy atom. The molecular weight excluding hydrogens is 260 g/mol. The number of benzene rings is 1. The van der Waals surface area contributed by atoms with Gasteiger partial charge < -0.3 is 4.90 Å². The molecule has 0 N–H and O–H groups in total. The van der Waals surface area contributed by atoms with Crippen molar-refractivity contribution in [3.05, 3.63) is 29.8 Å². The average molecular weight is 274 g/mol. The predicted molar refractivity (Wildman–Crippen MR) is 74.8 cm³/mol. The van der Waals surface area contributed by atoms with Gasteiger partial charge in [-0.15, -0.1) is 0 Å². The maximum Gasteiger partial charge on any atom is 0.228 e. The number of anilines is 1. The highest BCUT2D eigenvalue weighted by Gasteiger charge is 2.31. The molecule has 0 radical (unpaired) electrons. The van der Waals surface area contributed by atoms with Crippen molar-refractivity contribution < 1.29 is 9.59 Å². The number of amides is 1. The summed E-state index contributed by atoms with van der Waals surface area (Å²) in [6.07, 6.45) is 0.779. The molecule has 98 valence electrons. The van der Waals surface area contributed by atoms with E-state index in [0.29, 0.717) is 19.4 Å². The van der Waals surface area contributed by atoms with Gasteiger partial charge in [-0.2, -0.15) is 5.26 Å². The molecule has 0 saturated carbocycles. The van der Waals surface area contributed by atoms with Gasteiger partial charge in [0.25, 0.3) is 0 Å². The van der Waals surface area contributed by atoms with Crippen LogP contribution in [0, 0.1) is 11.3 Å². The summed E-state index contributed by atoms with van der Waals surface area (Å²) in [5, 5.41) is 8.70. The third-order valence-electron chi connectivity index (χ3n) is 2.95. The molecule has 1 amide bonds. The number of carbonyl (C=O) groups excluding carboxylic acids is 2. The maximum absolute atomic E-state index is 11.9. The fourth-order valence-electron chi connectivity index (χ4n) is 2.12. The zero-order chi connectivity index (χ0) is 13.8. The van der Waals surface area contributed by atoms with E-state index in [-0.39, 0.29) is 16.3 Å². The Hall–Kier alpha value is -1.80. The molecule has 4 nitrogen and oxygen atoms in total. The molecule has 1 unspecified atom stereocenters. The van der Waals surface area contributed by atoms with Crippen LogP contribution in [0.4, 0.5) is 5.69 Å². The fourth-order valence-corrected chi connectivity index (χ4v) is 3.04. The normalized spacial score (nSPS) is 18.4. The van der Waals surface area contributed by atoms with Gasteiger partial charge in [0, 0.05) is 30.8 Å². The van der Waals surface area contributed by atoms with Crippen molar-refractivity contribution in [2.45, 2.75) is 25.0 Å². The van der Waals surface area contributed by atoms with Crippen LogP contribution in [0.5, 0.6) is 0 Å². The number of hydrogen-bond donors (Lipinski definition) is 0. The molecule has 0 bridgehead atoms. The van der Waals surface area contributed by atoms with E-state index in [0.717, 1.165) is 11.3 Å². The molecular formula is C14H14N2O2S. The summed E-state index contributed by atoms with van der Waals surface area (Å²) in [4.78, 5) is 24.7. The first-order chi connectivity index (χ1) is 9.10. The van der Waals surface area contributed by atoms with Gasteiger partial charge in [0.2, 0.25) is 5.91 Å². The molecule has 5 heteroatoms. The standard InChI is InChI=1S/C14H14N2O2S/c1-10(17)19-13-8-14(18)16(9-13)12-4-2-11(3-5-12)6-7-15/h2-5,13H,6,8-9H2,1H3. The van der Waals surface area contributed by atoms with Gasteiger partial charge in [0.15, 0.2) is 5.12 Å². The molecule has 0 aliphatic carbocycles. The van der Waals surface area contributed by atoms with Crippen LogP contribution >= 0.6 is 11.8 Å². The van der Waals surface area contributed by atoms with Crippen molar-refractivity contribution in [2.75, 3.05) is 11.4 Å². The van der Waals surface area contributed by atoms with Gasteiger partial charge in [0.05, 0.1) is 12.5 Å². The fraction of sp³-hybridized carbons (Fsp3) is 0.357. The van der Waals surface area contributed by atoms with Crippen molar-refractivity contribution in [3.63, 3.8) is 0 Å². The molecule has 1 heterocycles. The van der Waals surface area contributed by atoms with Crippen molar-refractivity contribution in [1.29, 1.82) is 5.26 Å². The molecule has 19 heavy (non-hydrogen) atoms. The van der Waals surface area contributed by atoms with E-state index in [4.69, 9.17) is 5.26 Å². The zero-order valence-electron chi connectivity index (χ0n) is 10.6. The number of rotatable bonds is 3. The minimum atomic E-state index is 0.0452. The summed E-state index contributed by atoms with van der Waals surface area (Å²) < 4.78 is 0. The summed E-state index contributed by atoms with van der Waals surface area (Å²) >= 11 is 1.23. The molecule has 1 saturated heterocycles. The second-order valence-electron chi connectivity index (χ2n) is 4.44. The lowest BCUT2D eigenvalue weighted by atomic mass is 10.1. The van der Waals surface area contributed by atoms with Crippen LogP contribution in [0.25, 0.3) is 0 Å². The van der Waals surface area contributed by atoms with Crippen LogP contribution in [-0.2, 0) is 16.0 Å². The monoisotopic (exact) mass is 274 g/mol. The predicted octanol–water partition coefficient (Wildman–Crippen LogP) is 2.14. The summed E-state index contributed by atoms with van der Waals surface area (Å²) in [5.41, 5.74) is 1.77. The van der Waals surface area contributed by atoms with E-state index >= 15 is 0 Å². The highest BCUT2D eigenvalue weighted by Crippen LogP contribution is 2.28. The highest BCUT2D eigenvalue weighted by atomic mass is 32.2. The molecule has 1 aliphatic heterocycles. The average Bonchev–Trinajstić information content (AvgIpc) is 2.71. The second-order valence-corrected chi connectivity index (χ2v) is 5.92. The molecule has 1 aromatic carbocycles. The molecule has 0 aromatic heterocycles. The lowest BCUT2D eigenvalue weighted by Gasteiger charge is -2.16. The minimum Gasteiger partial charge on any atom is -0.311 e. The number of nitriles is 1. The Morgan fingerprint density at radius 1 is 1.47 bits per heavy atom. The first-order valence-electron chi connectivity index (χ1n) is 6.03. The lowest BCUT2D eigenvalue weighted by molar-refractivity contribution is -0.117. The van der Waals surface area contributed by atoms with Gasteiger partial charge in [-0.25, -0.2) is 0 Å². The van der Waals surface area contributed by atoms with Crippen LogP contribution in [0.2, 0.25) is 0 Å². The van der Waals surface area contributed by atoms with E-state index in [2.05, 4.69) is 6.07 Å². The second kappa shape index (κ2) is 5.89. The molecule has 0 spiro atoms. The van der Waals surface area contributed by atoms with Gasteiger partial charge in [0.1, 0.15) is 0 Å². The topological polar surface area (TPSA) is 61.2 Å². The van der Waals surface area contributed by atoms with Gasteiger partial charge in [-0.3, -0.25) is 9.59 Å². The van der Waals surface area contributed by atoms with Crippen molar-refractivity contribution >= 4 is 28.5 Å². The first kappa shape index (κ1) is 13.6. The number of carbonyl (C=O) groups is 2. The number of hydrogen-bond acceptors (Lipinski definition) is 4. The third-order valence-corrected chi connectivity index (χ3v) is 3.93. The van der Waals surface area contributed by atoms with Crippen molar-refractivity contribution in [2.24, 2.45) is 0 Å². The van der Waals surface area contributed by atoms with Crippen LogP contribution < -0.4 is 4.90 Å². The molecule has 1 aliphatic rings. The lowest BCUT2D eigenvalue weighted by Crippen LogP contribution is -2.24. The first-order valence-corrected chi connectivity index (χ1v) is 6.91. The summed E-state index contributed by atoms with van der Waals surface area (Å²) in [6.45, 7) is 2.09. The maximum atomic E-state index is 11.9. The Balaban J connectivity index is 2.08. The zero-order valence-corrected chi connectivity index (χ0v) is 11.4. The van der Waals surface area contributed by atoms with Crippen LogP contribution in [0.1, 0.15) is 18.9 Å². The van der Waals surface area contributed by atoms with Gasteiger partial charge in [-0.05, 0) is 17.7 Å². The van der Waals surface area contributed by atoms with E-state index in [9.17, 15) is 9.59 Å².